The van der Waals surface area contributed by atoms with Crippen LogP contribution >= 0.6 is 7.82 Å². The van der Waals surface area contributed by atoms with Gasteiger partial charge < -0.3 is 9.38 Å². The van der Waals surface area contributed by atoms with Crippen molar-refractivity contribution in [2.75, 3.05) is 40.9 Å². The molecule has 0 aromatic rings. The molecule has 0 bridgehead atoms. The Hall–Kier alpha value is -0.520. The van der Waals surface area contributed by atoms with Gasteiger partial charge in [-0.1, -0.05) is 6.58 Å². The minimum Gasteiger partial charge on any atom is -0.326 e. The second kappa shape index (κ2) is 7.03. The Bertz CT molecular complexity index is 316. The number of allylic oxidation sites excluding steroid dienone is 1. The minimum atomic E-state index is -3.90. The third-order valence-corrected chi connectivity index (χ3v) is 3.34. The van der Waals surface area contributed by atoms with Crippen LogP contribution in [0.25, 0.3) is 0 Å². The van der Waals surface area contributed by atoms with Gasteiger partial charge in [-0.25, -0.2) is 4.57 Å². The van der Waals surface area contributed by atoms with Crippen molar-refractivity contribution in [1.82, 2.24) is 0 Å². The van der Waals surface area contributed by atoms with Crippen LogP contribution < -0.4 is 0 Å². The molecule has 1 atom stereocenters. The molecule has 0 rings (SSSR count). The fraction of sp³-hybridized carbons (Fsp3) is 0.700. The number of hydrogen-bond acceptors (Lipinski definition) is 4. The summed E-state index contributed by atoms with van der Waals surface area (Å²) < 4.78 is 20.5. The van der Waals surface area contributed by atoms with Crippen LogP contribution in [-0.2, 0) is 18.4 Å². The lowest BCUT2D eigenvalue weighted by atomic mass is 10.2. The predicted molar refractivity (Wildman–Crippen MR) is 64.4 cm³/mol. The maximum Gasteiger partial charge on any atom is 0.472 e. The molecular weight excluding hydrogens is 245 g/mol. The average molecular weight is 266 g/mol. The van der Waals surface area contributed by atoms with Crippen molar-refractivity contribution >= 4 is 13.6 Å². The second-order valence-electron chi connectivity index (χ2n) is 4.29. The molecule has 6 nitrogen and oxygen atoms in total. The maximum atomic E-state index is 11.1. The number of ketones is 1. The van der Waals surface area contributed by atoms with Gasteiger partial charge in [0.25, 0.3) is 0 Å². The van der Waals surface area contributed by atoms with Crippen molar-refractivity contribution in [1.29, 1.82) is 0 Å². The largest absolute Gasteiger partial charge is 0.472 e. The molecule has 0 aromatic carbocycles. The summed E-state index contributed by atoms with van der Waals surface area (Å²) in [5.41, 5.74) is 0. The van der Waals surface area contributed by atoms with Crippen molar-refractivity contribution in [3.05, 3.63) is 12.7 Å². The third-order valence-electron chi connectivity index (χ3n) is 2.37. The Balaban J connectivity index is 3.97. The number of phosphoric ester groups is 1. The molecule has 0 aliphatic heterocycles. The lowest BCUT2D eigenvalue weighted by Crippen LogP contribution is -2.43. The Morgan fingerprint density at radius 1 is 1.47 bits per heavy atom. The number of carbonyl (C=O) groups excluding carboxylic acids is 1. The summed E-state index contributed by atoms with van der Waals surface area (Å²) in [5, 5.41) is 0. The molecule has 0 fully saturated rings. The summed E-state index contributed by atoms with van der Waals surface area (Å²) in [5.74, 6) is -0.0122. The Kier molecular flexibility index (Phi) is 6.82. The molecule has 1 unspecified atom stereocenters. The summed E-state index contributed by atoms with van der Waals surface area (Å²) >= 11 is 0. The first-order chi connectivity index (χ1) is 7.72. The topological polar surface area (TPSA) is 72.8 Å². The molecule has 0 amide bonds. The number of likely N-dealkylation sites (N-methyl/N-ethyl adjacent to an activating group) is 1. The molecule has 0 aliphatic carbocycles. The smallest absolute Gasteiger partial charge is 0.326 e. The predicted octanol–water partition coefficient (Wildman–Crippen LogP) is 0.971. The van der Waals surface area contributed by atoms with Gasteiger partial charge >= 0.3 is 7.82 Å². The fourth-order valence-corrected chi connectivity index (χ4v) is 1.50. The molecule has 0 aromatic heterocycles. The number of phosphoric acid groups is 1. The van der Waals surface area contributed by atoms with Gasteiger partial charge in [0.1, 0.15) is 13.2 Å². The lowest BCUT2D eigenvalue weighted by molar-refractivity contribution is -0.889. The molecule has 0 saturated heterocycles. The van der Waals surface area contributed by atoms with E-state index in [-0.39, 0.29) is 12.4 Å². The molecule has 0 spiro atoms. The highest BCUT2D eigenvalue weighted by Gasteiger charge is 2.22. The molecule has 1 N–H and O–H groups in total. The first kappa shape index (κ1) is 16.5. The molecule has 0 radical (unpaired) electrons. The van der Waals surface area contributed by atoms with Crippen LogP contribution in [0.1, 0.15) is 6.42 Å². The van der Waals surface area contributed by atoms with Crippen molar-refractivity contribution in [2.45, 2.75) is 6.42 Å². The number of nitrogens with zero attached hydrogens (tertiary/aromatic N) is 1. The van der Waals surface area contributed by atoms with Crippen molar-refractivity contribution in [3.63, 3.8) is 0 Å². The van der Waals surface area contributed by atoms with Crippen LogP contribution in [-0.4, -0.2) is 56.1 Å². The van der Waals surface area contributed by atoms with Crippen molar-refractivity contribution in [2.24, 2.45) is 0 Å². The average Bonchev–Trinajstić information content (AvgIpc) is 2.25. The number of rotatable bonds is 9. The van der Waals surface area contributed by atoms with E-state index in [0.717, 1.165) is 7.11 Å². The van der Waals surface area contributed by atoms with E-state index in [2.05, 4.69) is 11.1 Å². The van der Waals surface area contributed by atoms with E-state index < -0.39 is 7.82 Å². The first-order valence-electron chi connectivity index (χ1n) is 5.23. The number of quaternary nitrogens is 1. The Morgan fingerprint density at radius 2 is 2.06 bits per heavy atom. The van der Waals surface area contributed by atoms with E-state index in [0.29, 0.717) is 24.0 Å². The van der Waals surface area contributed by atoms with E-state index >= 15 is 0 Å². The van der Waals surface area contributed by atoms with Gasteiger partial charge in [-0.05, 0) is 6.08 Å². The van der Waals surface area contributed by atoms with Crippen molar-refractivity contribution < 1.29 is 27.8 Å². The molecule has 0 aliphatic rings. The highest BCUT2D eigenvalue weighted by molar-refractivity contribution is 7.47. The molecule has 100 valence electrons. The molecule has 7 heteroatoms. The Morgan fingerprint density at radius 3 is 2.53 bits per heavy atom. The van der Waals surface area contributed by atoms with E-state index in [1.54, 1.807) is 0 Å². The summed E-state index contributed by atoms with van der Waals surface area (Å²) in [6.07, 6.45) is 1.70. The normalized spacial score (nSPS) is 15.3. The van der Waals surface area contributed by atoms with Gasteiger partial charge in [0.2, 0.25) is 0 Å². The summed E-state index contributed by atoms with van der Waals surface area (Å²) in [6.45, 7) is 4.63. The molecule has 0 heterocycles. The summed E-state index contributed by atoms with van der Waals surface area (Å²) in [6, 6.07) is 0. The SMILES string of the molecule is C=CC(=O)CC[N+](C)(C)CCOP(=O)(O)OC. The highest BCUT2D eigenvalue weighted by Crippen LogP contribution is 2.41. The third kappa shape index (κ3) is 8.24. The van der Waals surface area contributed by atoms with Gasteiger partial charge in [0.15, 0.2) is 5.78 Å². The van der Waals surface area contributed by atoms with Gasteiger partial charge in [0, 0.05) is 7.11 Å². The van der Waals surface area contributed by atoms with Crippen molar-refractivity contribution in [3.8, 4) is 0 Å². The second-order valence-corrected chi connectivity index (χ2v) is 5.85. The van der Waals surface area contributed by atoms with E-state index in [1.165, 1.54) is 6.08 Å². The standard InChI is InChI=1S/C10H20NO5P/c1-5-10(12)6-7-11(2,3)8-9-16-17(13,14)15-4/h5H,1,6-9H2,2-4H3/p+1. The van der Waals surface area contributed by atoms with Crippen LogP contribution in [0.15, 0.2) is 12.7 Å². The zero-order chi connectivity index (χ0) is 13.5. The first-order valence-corrected chi connectivity index (χ1v) is 6.72. The Labute approximate surface area is 102 Å². The van der Waals surface area contributed by atoms with E-state index in [4.69, 9.17) is 9.42 Å². The fourth-order valence-electron chi connectivity index (χ4n) is 1.08. The molecule has 17 heavy (non-hydrogen) atoms. The number of carbonyl (C=O) groups is 1. The highest BCUT2D eigenvalue weighted by atomic mass is 31.2. The summed E-state index contributed by atoms with van der Waals surface area (Å²) in [7, 11) is 1.04. The molecule has 0 saturated carbocycles. The van der Waals surface area contributed by atoms with E-state index in [1.807, 2.05) is 14.1 Å². The number of hydrogen-bond donors (Lipinski definition) is 1. The van der Waals surface area contributed by atoms with Crippen LogP contribution in [0.3, 0.4) is 0 Å². The van der Waals surface area contributed by atoms with Crippen LogP contribution in [0.5, 0.6) is 0 Å². The zero-order valence-electron chi connectivity index (χ0n) is 10.6. The quantitative estimate of drug-likeness (QED) is 0.382. The summed E-state index contributed by atoms with van der Waals surface area (Å²) in [4.78, 5) is 20.1. The van der Waals surface area contributed by atoms with Gasteiger partial charge in [-0.15, -0.1) is 0 Å². The maximum absolute atomic E-state index is 11.1. The van der Waals surface area contributed by atoms with E-state index in [9.17, 15) is 9.36 Å². The lowest BCUT2D eigenvalue weighted by Gasteiger charge is -2.29. The van der Waals surface area contributed by atoms with Gasteiger partial charge in [-0.2, -0.15) is 0 Å². The van der Waals surface area contributed by atoms with Crippen LogP contribution in [0.4, 0.5) is 0 Å². The molecular formula is C10H21NO5P+. The zero-order valence-corrected chi connectivity index (χ0v) is 11.5. The van der Waals surface area contributed by atoms with Crippen LogP contribution in [0.2, 0.25) is 0 Å². The minimum absolute atomic E-state index is 0.0122. The van der Waals surface area contributed by atoms with Crippen LogP contribution in [0, 0.1) is 0 Å². The van der Waals surface area contributed by atoms with Gasteiger partial charge in [0.05, 0.1) is 27.1 Å². The monoisotopic (exact) mass is 266 g/mol. The van der Waals surface area contributed by atoms with Gasteiger partial charge in [-0.3, -0.25) is 13.8 Å².